The fraction of sp³-hybridized carbons (Fsp3) is 0.513. The molecule has 308 valence electrons. The fourth-order valence-electron chi connectivity index (χ4n) is 7.55. The number of fused-ring (bicyclic) bond motifs is 2. The average Bonchev–Trinajstić information content (AvgIpc) is 3.79. The van der Waals surface area contributed by atoms with E-state index in [2.05, 4.69) is 21.3 Å². The molecule has 3 fully saturated rings. The highest BCUT2D eigenvalue weighted by molar-refractivity contribution is 5.98. The number of nitrogens with one attached hydrogen (secondary N) is 4. The first-order valence-electron chi connectivity index (χ1n) is 18.9. The fourth-order valence-corrected chi connectivity index (χ4v) is 7.55. The number of hydrogen-bond donors (Lipinski definition) is 5. The van der Waals surface area contributed by atoms with Crippen molar-refractivity contribution in [2.45, 2.75) is 95.7 Å². The van der Waals surface area contributed by atoms with Crippen LogP contribution in [0.3, 0.4) is 0 Å². The number of amides is 7. The summed E-state index contributed by atoms with van der Waals surface area (Å²) in [6, 6.07) is 0.407. The van der Waals surface area contributed by atoms with E-state index in [9.17, 15) is 47.4 Å². The van der Waals surface area contributed by atoms with Crippen LogP contribution in [-0.4, -0.2) is 130 Å². The number of halogens is 2. The van der Waals surface area contributed by atoms with Crippen molar-refractivity contribution < 1.29 is 52.2 Å². The van der Waals surface area contributed by atoms with E-state index in [0.717, 1.165) is 22.6 Å². The number of aliphatic hydroxyl groups excluding tert-OH is 1. The third kappa shape index (κ3) is 10.2. The van der Waals surface area contributed by atoms with E-state index < -0.39 is 109 Å². The van der Waals surface area contributed by atoms with E-state index in [1.807, 2.05) is 13.8 Å². The van der Waals surface area contributed by atoms with Gasteiger partial charge in [-0.05, 0) is 75.8 Å². The third-order valence-electron chi connectivity index (χ3n) is 10.4. The van der Waals surface area contributed by atoms with Gasteiger partial charge in [-0.3, -0.25) is 24.0 Å². The first kappa shape index (κ1) is 42.5. The highest BCUT2D eigenvalue weighted by Crippen LogP contribution is 2.26. The van der Waals surface area contributed by atoms with Crippen molar-refractivity contribution in [2.24, 2.45) is 5.92 Å². The molecule has 5 rings (SSSR count). The molecule has 0 unspecified atom stereocenters. The molecule has 2 aromatic carbocycles. The number of carbonyl (C=O) groups excluding carboxylic acids is 7. The number of nitrogens with zero attached hydrogens (tertiary/aromatic N) is 3. The minimum atomic E-state index is -1.65. The smallest absolute Gasteiger partial charge is 0.328 e. The molecule has 3 heterocycles. The molecular formula is C39H49F2N7O9. The maximum absolute atomic E-state index is 14.4. The van der Waals surface area contributed by atoms with Crippen LogP contribution in [0, 0.1) is 24.5 Å². The normalized spacial score (nSPS) is 25.9. The van der Waals surface area contributed by atoms with Crippen molar-refractivity contribution in [1.29, 1.82) is 0 Å². The molecule has 3 aliphatic rings. The molecule has 0 saturated carbocycles. The Morgan fingerprint density at radius 1 is 0.965 bits per heavy atom. The molecule has 0 aromatic heterocycles. The topological polar surface area (TPSA) is 207 Å². The number of esters is 1. The number of rotatable bonds is 7. The summed E-state index contributed by atoms with van der Waals surface area (Å²) < 4.78 is 34.1. The SMILES string of the molecule is Cc1ccc(NC(=O)N[C@@H](Cc2cc(F)cc(F)c2)C(=O)N[C@H]2COC(=O)[C@@H]3C[C@@H](C)CN3C(=O)[C@H](C)NC(=O)[C@H]([C@@H](C)O)N(C)C(=O)[C@@H]3CCCN3C2=O)cc1. The maximum atomic E-state index is 14.4. The zero-order valence-electron chi connectivity index (χ0n) is 32.4. The molecule has 3 saturated heterocycles. The molecule has 18 heteroatoms. The molecule has 5 N–H and O–H groups in total. The number of ether oxygens (including phenoxy) is 1. The van der Waals surface area contributed by atoms with Crippen molar-refractivity contribution in [3.05, 3.63) is 65.2 Å². The molecule has 0 aliphatic carbocycles. The predicted octanol–water partition coefficient (Wildman–Crippen LogP) is 0.988. The lowest BCUT2D eigenvalue weighted by Crippen LogP contribution is -2.62. The summed E-state index contributed by atoms with van der Waals surface area (Å²) in [5, 5.41) is 20.8. The summed E-state index contributed by atoms with van der Waals surface area (Å²) in [5.41, 5.74) is 1.30. The van der Waals surface area contributed by atoms with Crippen LogP contribution < -0.4 is 21.3 Å². The molecule has 7 amide bonds. The second kappa shape index (κ2) is 18.1. The first-order chi connectivity index (χ1) is 26.9. The highest BCUT2D eigenvalue weighted by atomic mass is 19.1. The number of carbonyl (C=O) groups is 7. The zero-order chi connectivity index (χ0) is 41.7. The van der Waals surface area contributed by atoms with Crippen molar-refractivity contribution in [3.63, 3.8) is 0 Å². The summed E-state index contributed by atoms with van der Waals surface area (Å²) in [6.07, 6.45) is -1.13. The lowest BCUT2D eigenvalue weighted by atomic mass is 10.0. The van der Waals surface area contributed by atoms with Crippen LogP contribution in [0.1, 0.15) is 51.2 Å². The monoisotopic (exact) mass is 797 g/mol. The predicted molar refractivity (Wildman–Crippen MR) is 200 cm³/mol. The van der Waals surface area contributed by atoms with E-state index in [4.69, 9.17) is 4.74 Å². The first-order valence-corrected chi connectivity index (χ1v) is 18.9. The second-order valence-electron chi connectivity index (χ2n) is 15.1. The van der Waals surface area contributed by atoms with Gasteiger partial charge in [0.1, 0.15) is 54.5 Å². The van der Waals surface area contributed by atoms with Gasteiger partial charge in [-0.15, -0.1) is 0 Å². The molecular weight excluding hydrogens is 748 g/mol. The van der Waals surface area contributed by atoms with Gasteiger partial charge in [-0.1, -0.05) is 24.6 Å². The van der Waals surface area contributed by atoms with Gasteiger partial charge in [-0.25, -0.2) is 18.4 Å². The largest absolute Gasteiger partial charge is 0.461 e. The van der Waals surface area contributed by atoms with E-state index >= 15 is 0 Å². The number of likely N-dealkylation sites (N-methyl/N-ethyl adjacent to an activating group) is 1. The number of cyclic esters (lactones) is 1. The Labute approximate surface area is 328 Å². The Kier molecular flexibility index (Phi) is 13.5. The van der Waals surface area contributed by atoms with E-state index in [1.54, 1.807) is 24.3 Å². The van der Waals surface area contributed by atoms with Crippen LogP contribution in [0.4, 0.5) is 19.3 Å². The Balaban J connectivity index is 1.48. The molecule has 16 nitrogen and oxygen atoms in total. The van der Waals surface area contributed by atoms with Gasteiger partial charge < -0.3 is 45.8 Å². The molecule has 8 atom stereocenters. The number of aliphatic hydroxyl groups is 1. The van der Waals surface area contributed by atoms with Crippen LogP contribution in [0.5, 0.6) is 0 Å². The molecule has 0 bridgehead atoms. The Morgan fingerprint density at radius 2 is 1.63 bits per heavy atom. The van der Waals surface area contributed by atoms with Crippen molar-refractivity contribution >= 4 is 47.2 Å². The second-order valence-corrected chi connectivity index (χ2v) is 15.1. The van der Waals surface area contributed by atoms with Crippen LogP contribution in [0.25, 0.3) is 0 Å². The van der Waals surface area contributed by atoms with Crippen molar-refractivity contribution in [3.8, 4) is 0 Å². The van der Waals surface area contributed by atoms with Crippen LogP contribution in [0.2, 0.25) is 0 Å². The van der Waals surface area contributed by atoms with Crippen molar-refractivity contribution in [2.75, 3.05) is 32.1 Å². The van der Waals surface area contributed by atoms with Crippen molar-refractivity contribution in [1.82, 2.24) is 30.7 Å². The Morgan fingerprint density at radius 3 is 2.28 bits per heavy atom. The van der Waals surface area contributed by atoms with E-state index in [-0.39, 0.29) is 37.4 Å². The van der Waals surface area contributed by atoms with Gasteiger partial charge in [0.05, 0.1) is 6.10 Å². The minimum absolute atomic E-state index is 0.00156. The zero-order valence-corrected chi connectivity index (χ0v) is 32.4. The van der Waals surface area contributed by atoms with E-state index in [0.29, 0.717) is 18.2 Å². The Bertz CT molecular complexity index is 1860. The van der Waals surface area contributed by atoms with Gasteiger partial charge in [-0.2, -0.15) is 0 Å². The lowest BCUT2D eigenvalue weighted by Gasteiger charge is -2.36. The van der Waals surface area contributed by atoms with Crippen LogP contribution >= 0.6 is 0 Å². The lowest BCUT2D eigenvalue weighted by molar-refractivity contribution is -0.158. The highest BCUT2D eigenvalue weighted by Gasteiger charge is 2.45. The van der Waals surface area contributed by atoms with Crippen LogP contribution in [0.15, 0.2) is 42.5 Å². The quantitative estimate of drug-likeness (QED) is 0.253. The van der Waals surface area contributed by atoms with Crippen LogP contribution in [-0.2, 0) is 39.9 Å². The molecule has 0 spiro atoms. The number of hydrogen-bond acceptors (Lipinski definition) is 9. The summed E-state index contributed by atoms with van der Waals surface area (Å²) >= 11 is 0. The van der Waals surface area contributed by atoms with E-state index in [1.165, 1.54) is 30.7 Å². The number of urea groups is 1. The summed E-state index contributed by atoms with van der Waals surface area (Å²) in [4.78, 5) is 99.9. The molecule has 0 radical (unpaired) electrons. The number of aryl methyl sites for hydroxylation is 1. The molecule has 57 heavy (non-hydrogen) atoms. The standard InChI is InChI=1S/C39H49F2N7O9/c1-20-8-10-27(11-9-20)43-39(56)45-28(16-24-14-25(40)17-26(41)15-24)33(50)44-29-19-57-38(55)31-13-21(2)18-48(31)35(52)22(3)42-34(51)32(23(4)49)46(5)37(54)30-7-6-12-47(30)36(29)53/h8-11,14-15,17,21-23,28-32,49H,6-7,12-13,16,18-19H2,1-5H3,(H,42,51)(H,44,50)(H2,43,45,56)/t21-,22+,23-,28+,29+,30+,31+,32+/m1/s1. The minimum Gasteiger partial charge on any atom is -0.461 e. The van der Waals surface area contributed by atoms with Gasteiger partial charge in [0, 0.05) is 38.3 Å². The molecule has 2 aromatic rings. The molecule has 3 aliphatic heterocycles. The average molecular weight is 798 g/mol. The third-order valence-corrected chi connectivity index (χ3v) is 10.4. The maximum Gasteiger partial charge on any atom is 0.328 e. The van der Waals surface area contributed by atoms with Gasteiger partial charge in [0.25, 0.3) is 0 Å². The van der Waals surface area contributed by atoms with Gasteiger partial charge in [0.15, 0.2) is 0 Å². The summed E-state index contributed by atoms with van der Waals surface area (Å²) in [5.74, 6) is -6.88. The summed E-state index contributed by atoms with van der Waals surface area (Å²) in [7, 11) is 1.29. The van der Waals surface area contributed by atoms with Gasteiger partial charge >= 0.3 is 12.0 Å². The number of benzene rings is 2. The Hall–Kier alpha value is -5.65. The summed E-state index contributed by atoms with van der Waals surface area (Å²) in [6.45, 7) is 5.82. The number of anilines is 1. The van der Waals surface area contributed by atoms with Gasteiger partial charge in [0.2, 0.25) is 29.5 Å².